The van der Waals surface area contributed by atoms with E-state index >= 15 is 0 Å². The number of benzene rings is 1. The van der Waals surface area contributed by atoms with E-state index in [1.54, 1.807) is 13.8 Å². The van der Waals surface area contributed by atoms with Gasteiger partial charge >= 0.3 is 11.9 Å². The number of carboxylic acid groups (broad SMARTS) is 2. The Labute approximate surface area is 223 Å². The zero-order valence-electron chi connectivity index (χ0n) is 19.7. The Morgan fingerprint density at radius 3 is 2.30 bits per heavy atom. The molecule has 204 valence electrons. The second-order valence-corrected chi connectivity index (χ2v) is 13.8. The van der Waals surface area contributed by atoms with E-state index in [1.165, 1.54) is 24.3 Å². The molecule has 2 aliphatic rings. The second kappa shape index (κ2) is 9.82. The molecule has 0 fully saturated rings. The Hall–Kier alpha value is -2.23. The van der Waals surface area contributed by atoms with Crippen LogP contribution in [-0.4, -0.2) is 84.6 Å². The average Bonchev–Trinajstić information content (AvgIpc) is 2.97. The van der Waals surface area contributed by atoms with Gasteiger partial charge in [-0.1, -0.05) is 37.6 Å². The number of sulfonamides is 2. The fourth-order valence-corrected chi connectivity index (χ4v) is 9.56. The topological polar surface area (TPSA) is 184 Å². The molecule has 37 heavy (non-hydrogen) atoms. The standard InChI is InChI=1S/C21H24Cl2N2O10S2/c1-11(2)13-8-21(23,35-3)16(19(29)30)20(22,17(13)36(31,32)24-9-15(26)27)10-25-18(28)12-6-4-5-7-14(12)37(25,33)34/h4-8,11,16-17,24H,9-10H2,1-3H3,(H,26,27)(H,29,30). The van der Waals surface area contributed by atoms with Gasteiger partial charge in [-0.3, -0.25) is 14.4 Å². The molecule has 1 aliphatic carbocycles. The molecule has 4 atom stereocenters. The molecule has 0 radical (unpaired) electrons. The summed E-state index contributed by atoms with van der Waals surface area (Å²) in [7, 11) is -8.32. The highest BCUT2D eigenvalue weighted by molar-refractivity contribution is 7.90. The summed E-state index contributed by atoms with van der Waals surface area (Å²) in [6.45, 7) is 0.883. The molecule has 12 nitrogen and oxygen atoms in total. The Balaban J connectivity index is 2.32. The maximum Gasteiger partial charge on any atom is 0.318 e. The van der Waals surface area contributed by atoms with Crippen LogP contribution in [0.1, 0.15) is 24.2 Å². The second-order valence-electron chi connectivity index (χ2n) is 8.85. The lowest BCUT2D eigenvalue weighted by Crippen LogP contribution is -2.67. The summed E-state index contributed by atoms with van der Waals surface area (Å²) >= 11 is 13.5. The number of methoxy groups -OCH3 is 1. The summed E-state index contributed by atoms with van der Waals surface area (Å²) in [4.78, 5) is 33.8. The van der Waals surface area contributed by atoms with Crippen LogP contribution in [0.2, 0.25) is 0 Å². The molecule has 3 rings (SSSR count). The van der Waals surface area contributed by atoms with Gasteiger partial charge in [0.25, 0.3) is 15.9 Å². The minimum absolute atomic E-state index is 0.0659. The van der Waals surface area contributed by atoms with Crippen LogP contribution in [0.3, 0.4) is 0 Å². The van der Waals surface area contributed by atoms with Crippen LogP contribution in [0.25, 0.3) is 0 Å². The van der Waals surface area contributed by atoms with Crippen molar-refractivity contribution in [3.05, 3.63) is 41.5 Å². The van der Waals surface area contributed by atoms with E-state index in [1.807, 2.05) is 4.72 Å². The monoisotopic (exact) mass is 598 g/mol. The van der Waals surface area contributed by atoms with Crippen molar-refractivity contribution in [2.24, 2.45) is 11.8 Å². The van der Waals surface area contributed by atoms with Crippen molar-refractivity contribution >= 4 is 61.1 Å². The van der Waals surface area contributed by atoms with Gasteiger partial charge in [-0.2, -0.15) is 0 Å². The number of aliphatic carboxylic acids is 2. The maximum atomic E-state index is 13.5. The molecule has 1 amide bonds. The van der Waals surface area contributed by atoms with Crippen molar-refractivity contribution in [3.8, 4) is 0 Å². The molecular formula is C21H24Cl2N2O10S2. The SMILES string of the molecule is COC1(Cl)C=C(C(C)C)C(S(=O)(=O)NCC(=O)O)C(Cl)(CN2C(=O)c3ccccc3S2(=O)=O)C1C(=O)O. The summed E-state index contributed by atoms with van der Waals surface area (Å²) in [5.41, 5.74) is -0.277. The van der Waals surface area contributed by atoms with Gasteiger partial charge in [0, 0.05) is 7.11 Å². The van der Waals surface area contributed by atoms with Crippen molar-refractivity contribution in [1.29, 1.82) is 0 Å². The maximum absolute atomic E-state index is 13.5. The summed E-state index contributed by atoms with van der Waals surface area (Å²) in [6.07, 6.45) is 1.07. The number of carbonyl (C=O) groups excluding carboxylic acids is 1. The predicted molar refractivity (Wildman–Crippen MR) is 131 cm³/mol. The van der Waals surface area contributed by atoms with Crippen molar-refractivity contribution in [2.75, 3.05) is 20.2 Å². The molecule has 0 saturated heterocycles. The first kappa shape index (κ1) is 29.3. The highest BCUT2D eigenvalue weighted by Crippen LogP contribution is 2.53. The van der Waals surface area contributed by atoms with Gasteiger partial charge in [-0.15, -0.1) is 11.6 Å². The van der Waals surface area contributed by atoms with Crippen molar-refractivity contribution in [1.82, 2.24) is 9.03 Å². The van der Waals surface area contributed by atoms with Gasteiger partial charge in [-0.25, -0.2) is 25.9 Å². The van der Waals surface area contributed by atoms with Crippen molar-refractivity contribution in [3.63, 3.8) is 0 Å². The van der Waals surface area contributed by atoms with E-state index in [0.717, 1.165) is 13.2 Å². The van der Waals surface area contributed by atoms with Gasteiger partial charge < -0.3 is 14.9 Å². The molecule has 1 aromatic rings. The van der Waals surface area contributed by atoms with Crippen LogP contribution in [0, 0.1) is 11.8 Å². The van der Waals surface area contributed by atoms with E-state index in [-0.39, 0.29) is 16.0 Å². The highest BCUT2D eigenvalue weighted by Gasteiger charge is 2.66. The number of hydrogen-bond acceptors (Lipinski definition) is 8. The molecule has 0 spiro atoms. The zero-order valence-corrected chi connectivity index (χ0v) is 22.9. The number of fused-ring (bicyclic) bond motifs is 1. The highest BCUT2D eigenvalue weighted by atomic mass is 35.5. The lowest BCUT2D eigenvalue weighted by molar-refractivity contribution is -0.149. The third-order valence-electron chi connectivity index (χ3n) is 6.23. The molecule has 1 aliphatic heterocycles. The number of amides is 1. The van der Waals surface area contributed by atoms with Crippen LogP contribution < -0.4 is 4.72 Å². The number of nitrogens with one attached hydrogen (secondary N) is 1. The minimum atomic E-state index is -4.81. The molecule has 0 saturated carbocycles. The lowest BCUT2D eigenvalue weighted by atomic mass is 9.73. The number of halogens is 2. The number of carbonyl (C=O) groups is 3. The van der Waals surface area contributed by atoms with Gasteiger partial charge in [0.1, 0.15) is 27.5 Å². The number of ether oxygens (including phenoxy) is 1. The summed E-state index contributed by atoms with van der Waals surface area (Å²) in [5, 5.41) is 14.9. The van der Waals surface area contributed by atoms with Gasteiger partial charge in [0.15, 0.2) is 5.06 Å². The number of rotatable bonds is 9. The molecule has 3 N–H and O–H groups in total. The third kappa shape index (κ3) is 4.86. The van der Waals surface area contributed by atoms with Crippen LogP contribution in [0.4, 0.5) is 0 Å². The van der Waals surface area contributed by atoms with Crippen LogP contribution in [0.15, 0.2) is 40.8 Å². The van der Waals surface area contributed by atoms with Gasteiger partial charge in [0.05, 0.1) is 12.1 Å². The van der Waals surface area contributed by atoms with Gasteiger partial charge in [0.2, 0.25) is 10.0 Å². The minimum Gasteiger partial charge on any atom is -0.481 e. The number of hydrogen-bond donors (Lipinski definition) is 3. The average molecular weight is 599 g/mol. The van der Waals surface area contributed by atoms with Crippen LogP contribution in [-0.2, 0) is 34.4 Å². The Morgan fingerprint density at radius 1 is 1.22 bits per heavy atom. The molecule has 1 aromatic carbocycles. The zero-order chi connectivity index (χ0) is 28.1. The first-order chi connectivity index (χ1) is 16.9. The Bertz CT molecular complexity index is 1400. The van der Waals surface area contributed by atoms with Crippen LogP contribution in [0.5, 0.6) is 0 Å². The van der Waals surface area contributed by atoms with Crippen LogP contribution >= 0.6 is 23.2 Å². The van der Waals surface area contributed by atoms with Gasteiger partial charge in [-0.05, 0) is 29.7 Å². The van der Waals surface area contributed by atoms with E-state index in [9.17, 15) is 36.3 Å². The third-order valence-corrected chi connectivity index (χ3v) is 11.0. The quantitative estimate of drug-likeness (QED) is 0.274. The Kier molecular flexibility index (Phi) is 7.78. The summed E-state index contributed by atoms with van der Waals surface area (Å²) in [5.74, 6) is -7.14. The molecule has 0 aromatic heterocycles. The smallest absolute Gasteiger partial charge is 0.318 e. The first-order valence-electron chi connectivity index (χ1n) is 10.7. The van der Waals surface area contributed by atoms with Crippen molar-refractivity contribution < 1.29 is 46.2 Å². The normalized spacial score (nSPS) is 29.2. The number of carboxylic acids is 2. The fraction of sp³-hybridized carbons (Fsp3) is 0.476. The number of nitrogens with zero attached hydrogens (tertiary/aromatic N) is 1. The van der Waals surface area contributed by atoms with E-state index in [4.69, 9.17) is 33.0 Å². The first-order valence-corrected chi connectivity index (χ1v) is 14.4. The molecule has 0 bridgehead atoms. The van der Waals surface area contributed by atoms with E-state index in [0.29, 0.717) is 4.31 Å². The van der Waals surface area contributed by atoms with Crippen molar-refractivity contribution in [2.45, 2.75) is 33.9 Å². The Morgan fingerprint density at radius 2 is 1.81 bits per heavy atom. The molecular weight excluding hydrogens is 575 g/mol. The molecule has 1 heterocycles. The summed E-state index contributed by atoms with van der Waals surface area (Å²) < 4.78 is 61.0. The fourth-order valence-electron chi connectivity index (χ4n) is 4.63. The predicted octanol–water partition coefficient (Wildman–Crippen LogP) is 1.06. The van der Waals surface area contributed by atoms with E-state index < -0.39 is 78.0 Å². The largest absolute Gasteiger partial charge is 0.481 e. The number of alkyl halides is 2. The molecule has 16 heteroatoms. The molecule has 4 unspecified atom stereocenters. The van der Waals surface area contributed by atoms with E-state index in [2.05, 4.69) is 0 Å². The lowest BCUT2D eigenvalue weighted by Gasteiger charge is -2.50. The summed E-state index contributed by atoms with van der Waals surface area (Å²) in [6, 6.07) is 5.21.